The highest BCUT2D eigenvalue weighted by atomic mass is 32.1. The lowest BCUT2D eigenvalue weighted by atomic mass is 10.1. The minimum atomic E-state index is -0.143. The van der Waals surface area contributed by atoms with Crippen LogP contribution in [0.4, 0.5) is 5.13 Å². The Morgan fingerprint density at radius 3 is 2.89 bits per heavy atom. The first-order valence-electron chi connectivity index (χ1n) is 6.21. The van der Waals surface area contributed by atoms with Gasteiger partial charge in [0.05, 0.1) is 12.1 Å². The molecule has 2 unspecified atom stereocenters. The normalized spacial score (nSPS) is 27.2. The fourth-order valence-electron chi connectivity index (χ4n) is 2.30. The molecular weight excluding hydrogens is 252 g/mol. The van der Waals surface area contributed by atoms with E-state index in [-0.39, 0.29) is 18.1 Å². The van der Waals surface area contributed by atoms with Crippen LogP contribution in [0, 0.1) is 5.92 Å². The van der Waals surface area contributed by atoms with Crippen LogP contribution in [0.1, 0.15) is 29.1 Å². The molecule has 1 saturated heterocycles. The lowest BCUT2D eigenvalue weighted by molar-refractivity contribution is 0.0729. The average Bonchev–Trinajstić information content (AvgIpc) is 2.93. The molecule has 0 spiro atoms. The van der Waals surface area contributed by atoms with Gasteiger partial charge in [-0.2, -0.15) is 0 Å². The first-order valence-corrected chi connectivity index (χ1v) is 7.03. The molecule has 1 aromatic rings. The Morgan fingerprint density at radius 2 is 2.22 bits per heavy atom. The summed E-state index contributed by atoms with van der Waals surface area (Å²) in [7, 11) is 1.76. The highest BCUT2D eigenvalue weighted by molar-refractivity contribution is 7.17. The van der Waals surface area contributed by atoms with Crippen molar-refractivity contribution in [3.8, 4) is 0 Å². The van der Waals surface area contributed by atoms with Crippen molar-refractivity contribution in [2.45, 2.75) is 31.4 Å². The summed E-state index contributed by atoms with van der Waals surface area (Å²) in [5.41, 5.74) is 0. The summed E-state index contributed by atoms with van der Waals surface area (Å²) in [4.78, 5) is 12.0. The Balaban J connectivity index is 1.62. The molecule has 2 atom stereocenters. The second-order valence-electron chi connectivity index (χ2n) is 4.70. The van der Waals surface area contributed by atoms with E-state index in [2.05, 4.69) is 20.8 Å². The van der Waals surface area contributed by atoms with E-state index in [0.29, 0.717) is 16.1 Å². The second-order valence-corrected chi connectivity index (χ2v) is 5.68. The molecule has 2 N–H and O–H groups in total. The van der Waals surface area contributed by atoms with E-state index in [1.807, 2.05) is 0 Å². The third-order valence-corrected chi connectivity index (χ3v) is 4.31. The van der Waals surface area contributed by atoms with Gasteiger partial charge < -0.3 is 15.4 Å². The van der Waals surface area contributed by atoms with Gasteiger partial charge in [0.25, 0.3) is 5.91 Å². The number of rotatable bonds is 4. The number of hydrogen-bond acceptors (Lipinski definition) is 6. The molecular formula is C11H16N4O2S. The maximum absolute atomic E-state index is 12.0. The number of nitrogens with zero attached hydrogens (tertiary/aromatic N) is 2. The third-order valence-electron chi connectivity index (χ3n) is 3.37. The maximum atomic E-state index is 12.0. The predicted octanol–water partition coefficient (Wildman–Crippen LogP) is 0.877. The molecule has 1 aromatic heterocycles. The Labute approximate surface area is 109 Å². The topological polar surface area (TPSA) is 76.1 Å². The molecule has 6 nitrogen and oxygen atoms in total. The molecule has 1 aliphatic carbocycles. The van der Waals surface area contributed by atoms with Crippen LogP contribution in [-0.2, 0) is 4.74 Å². The molecule has 18 heavy (non-hydrogen) atoms. The van der Waals surface area contributed by atoms with Crippen molar-refractivity contribution in [2.75, 3.05) is 19.0 Å². The number of amides is 1. The molecule has 0 aromatic carbocycles. The predicted molar refractivity (Wildman–Crippen MR) is 67.8 cm³/mol. The van der Waals surface area contributed by atoms with E-state index in [0.717, 1.165) is 13.0 Å². The van der Waals surface area contributed by atoms with Crippen molar-refractivity contribution in [1.82, 2.24) is 15.5 Å². The highest BCUT2D eigenvalue weighted by Crippen LogP contribution is 2.38. The summed E-state index contributed by atoms with van der Waals surface area (Å²) >= 11 is 1.26. The van der Waals surface area contributed by atoms with E-state index in [4.69, 9.17) is 4.74 Å². The van der Waals surface area contributed by atoms with Gasteiger partial charge in [-0.1, -0.05) is 11.3 Å². The van der Waals surface area contributed by atoms with Crippen molar-refractivity contribution in [3.63, 3.8) is 0 Å². The zero-order valence-corrected chi connectivity index (χ0v) is 11.0. The largest absolute Gasteiger partial charge is 0.376 e. The molecule has 98 valence electrons. The zero-order chi connectivity index (χ0) is 12.5. The highest BCUT2D eigenvalue weighted by Gasteiger charge is 2.41. The van der Waals surface area contributed by atoms with Gasteiger partial charge in [-0.05, 0) is 25.2 Å². The maximum Gasteiger partial charge on any atom is 0.282 e. The zero-order valence-electron chi connectivity index (χ0n) is 10.2. The summed E-state index contributed by atoms with van der Waals surface area (Å²) in [6, 6.07) is 0.131. The fraction of sp³-hybridized carbons (Fsp3) is 0.727. The number of aromatic nitrogens is 2. The van der Waals surface area contributed by atoms with Gasteiger partial charge in [-0.3, -0.25) is 4.79 Å². The molecule has 1 aliphatic heterocycles. The number of ether oxygens (including phenoxy) is 1. The van der Waals surface area contributed by atoms with Crippen LogP contribution in [0.2, 0.25) is 0 Å². The van der Waals surface area contributed by atoms with Crippen molar-refractivity contribution in [2.24, 2.45) is 5.92 Å². The molecule has 1 saturated carbocycles. The third kappa shape index (κ3) is 2.32. The van der Waals surface area contributed by atoms with Crippen LogP contribution < -0.4 is 10.6 Å². The van der Waals surface area contributed by atoms with Crippen LogP contribution in [0.5, 0.6) is 0 Å². The molecule has 2 aliphatic rings. The van der Waals surface area contributed by atoms with Crippen LogP contribution in [0.3, 0.4) is 0 Å². The lowest BCUT2D eigenvalue weighted by Crippen LogP contribution is -2.41. The minimum absolute atomic E-state index is 0.131. The molecule has 2 heterocycles. The SMILES string of the molecule is CNc1nnc(C(=O)NC2CCOC2C2CC2)s1. The Bertz CT molecular complexity index is 446. The van der Waals surface area contributed by atoms with Gasteiger partial charge in [-0.25, -0.2) is 0 Å². The molecule has 0 bridgehead atoms. The molecule has 2 fully saturated rings. The first kappa shape index (κ1) is 11.9. The van der Waals surface area contributed by atoms with E-state index in [9.17, 15) is 4.79 Å². The Kier molecular flexibility index (Phi) is 3.17. The summed E-state index contributed by atoms with van der Waals surface area (Å²) in [5, 5.41) is 14.7. The standard InChI is InChI=1S/C11H16N4O2S/c1-12-11-15-14-10(18-11)9(16)13-7-4-5-17-8(7)6-2-3-6/h6-8H,2-5H2,1H3,(H,12,15)(H,13,16). The van der Waals surface area contributed by atoms with Gasteiger partial charge in [-0.15, -0.1) is 10.2 Å². The van der Waals surface area contributed by atoms with Crippen molar-refractivity contribution in [3.05, 3.63) is 5.01 Å². The smallest absolute Gasteiger partial charge is 0.282 e. The second kappa shape index (κ2) is 4.81. The monoisotopic (exact) mass is 268 g/mol. The Hall–Kier alpha value is -1.21. The van der Waals surface area contributed by atoms with Crippen LogP contribution in [0.25, 0.3) is 0 Å². The summed E-state index contributed by atoms with van der Waals surface area (Å²) in [6.07, 6.45) is 3.54. The average molecular weight is 268 g/mol. The Morgan fingerprint density at radius 1 is 1.39 bits per heavy atom. The van der Waals surface area contributed by atoms with Crippen molar-refractivity contribution >= 4 is 22.4 Å². The van der Waals surface area contributed by atoms with Gasteiger partial charge in [0.1, 0.15) is 0 Å². The van der Waals surface area contributed by atoms with E-state index in [1.165, 1.54) is 24.2 Å². The van der Waals surface area contributed by atoms with Crippen molar-refractivity contribution in [1.29, 1.82) is 0 Å². The number of carbonyl (C=O) groups is 1. The van der Waals surface area contributed by atoms with Crippen molar-refractivity contribution < 1.29 is 9.53 Å². The van der Waals surface area contributed by atoms with E-state index < -0.39 is 0 Å². The first-order chi connectivity index (χ1) is 8.78. The summed E-state index contributed by atoms with van der Waals surface area (Å²) in [6.45, 7) is 0.740. The fourth-order valence-corrected chi connectivity index (χ4v) is 2.90. The number of hydrogen-bond donors (Lipinski definition) is 2. The minimum Gasteiger partial charge on any atom is -0.376 e. The summed E-state index contributed by atoms with van der Waals surface area (Å²) in [5.74, 6) is 0.496. The quantitative estimate of drug-likeness (QED) is 0.847. The molecule has 0 radical (unpaired) electrons. The van der Waals surface area contributed by atoms with E-state index >= 15 is 0 Å². The number of nitrogens with one attached hydrogen (secondary N) is 2. The van der Waals surface area contributed by atoms with Gasteiger partial charge in [0.2, 0.25) is 10.1 Å². The van der Waals surface area contributed by atoms with Crippen LogP contribution in [-0.4, -0.2) is 41.9 Å². The van der Waals surface area contributed by atoms with Crippen LogP contribution >= 0.6 is 11.3 Å². The summed E-state index contributed by atoms with van der Waals surface area (Å²) < 4.78 is 5.69. The molecule has 7 heteroatoms. The van der Waals surface area contributed by atoms with Gasteiger partial charge in [0, 0.05) is 13.7 Å². The van der Waals surface area contributed by atoms with Crippen LogP contribution in [0.15, 0.2) is 0 Å². The number of anilines is 1. The molecule has 1 amide bonds. The van der Waals surface area contributed by atoms with Gasteiger partial charge in [0.15, 0.2) is 0 Å². The lowest BCUT2D eigenvalue weighted by Gasteiger charge is -2.18. The molecule has 3 rings (SSSR count). The van der Waals surface area contributed by atoms with E-state index in [1.54, 1.807) is 7.05 Å². The van der Waals surface area contributed by atoms with Gasteiger partial charge >= 0.3 is 0 Å². The number of carbonyl (C=O) groups excluding carboxylic acids is 1.